The van der Waals surface area contributed by atoms with Crippen LogP contribution in [0.15, 0.2) is 41.3 Å². The number of benzene rings is 2. The molecule has 7 nitrogen and oxygen atoms in total. The predicted octanol–water partition coefficient (Wildman–Crippen LogP) is 4.58. The van der Waals surface area contributed by atoms with Gasteiger partial charge in [-0.2, -0.15) is 4.31 Å². The SMILES string of the molecule is COc1ccc(S(=O)(=O)N2CCCCCC2)cc1NC(=O)COc1ccc(Cl)cc1Cl. The molecule has 168 valence electrons. The van der Waals surface area contributed by atoms with Crippen LogP contribution in [0.4, 0.5) is 5.69 Å². The van der Waals surface area contributed by atoms with E-state index in [1.807, 2.05) is 0 Å². The molecule has 0 spiro atoms. The Morgan fingerprint density at radius 1 is 1.03 bits per heavy atom. The second-order valence-corrected chi connectivity index (χ2v) is 9.87. The minimum Gasteiger partial charge on any atom is -0.495 e. The fraction of sp³-hybridized carbons (Fsp3) is 0.381. The van der Waals surface area contributed by atoms with Gasteiger partial charge in [0.15, 0.2) is 6.61 Å². The summed E-state index contributed by atoms with van der Waals surface area (Å²) in [4.78, 5) is 12.5. The average Bonchev–Trinajstić information content (AvgIpc) is 3.03. The van der Waals surface area contributed by atoms with E-state index in [1.165, 1.54) is 35.7 Å². The highest BCUT2D eigenvalue weighted by molar-refractivity contribution is 7.89. The van der Waals surface area contributed by atoms with Gasteiger partial charge in [-0.1, -0.05) is 36.0 Å². The van der Waals surface area contributed by atoms with E-state index in [1.54, 1.807) is 12.1 Å². The van der Waals surface area contributed by atoms with Gasteiger partial charge in [0.2, 0.25) is 10.0 Å². The lowest BCUT2D eigenvalue weighted by atomic mass is 10.2. The molecule has 31 heavy (non-hydrogen) atoms. The lowest BCUT2D eigenvalue weighted by Gasteiger charge is -2.21. The van der Waals surface area contributed by atoms with E-state index in [-0.39, 0.29) is 22.2 Å². The molecule has 0 atom stereocenters. The van der Waals surface area contributed by atoms with E-state index in [0.717, 1.165) is 25.7 Å². The predicted molar refractivity (Wildman–Crippen MR) is 121 cm³/mol. The van der Waals surface area contributed by atoms with Gasteiger partial charge in [-0.25, -0.2) is 8.42 Å². The molecule has 0 aromatic heterocycles. The van der Waals surface area contributed by atoms with E-state index in [4.69, 9.17) is 32.7 Å². The number of amides is 1. The van der Waals surface area contributed by atoms with Gasteiger partial charge >= 0.3 is 0 Å². The molecule has 1 heterocycles. The zero-order valence-corrected chi connectivity index (χ0v) is 19.4. The van der Waals surface area contributed by atoms with Crippen LogP contribution >= 0.6 is 23.2 Å². The van der Waals surface area contributed by atoms with Crippen molar-refractivity contribution in [3.05, 3.63) is 46.4 Å². The summed E-state index contributed by atoms with van der Waals surface area (Å²) in [7, 11) is -2.23. The third-order valence-electron chi connectivity index (χ3n) is 4.90. The molecule has 1 aliphatic heterocycles. The normalized spacial score (nSPS) is 15.2. The van der Waals surface area contributed by atoms with E-state index in [9.17, 15) is 13.2 Å². The summed E-state index contributed by atoms with van der Waals surface area (Å²) in [6.45, 7) is 0.658. The van der Waals surface area contributed by atoms with Gasteiger partial charge in [0.1, 0.15) is 11.5 Å². The maximum atomic E-state index is 13.1. The standard InChI is InChI=1S/C21H24Cl2N2O5S/c1-29-20-9-7-16(31(27,28)25-10-4-2-3-5-11-25)13-18(20)24-21(26)14-30-19-8-6-15(22)12-17(19)23/h6-9,12-13H,2-5,10-11,14H2,1H3,(H,24,26). The molecular formula is C21H24Cl2N2O5S. The van der Waals surface area contributed by atoms with Crippen molar-refractivity contribution in [2.75, 3.05) is 32.1 Å². The largest absolute Gasteiger partial charge is 0.495 e. The Morgan fingerprint density at radius 2 is 1.71 bits per heavy atom. The summed E-state index contributed by atoms with van der Waals surface area (Å²) in [5.41, 5.74) is 0.245. The molecule has 0 bridgehead atoms. The van der Waals surface area contributed by atoms with Gasteiger partial charge in [-0.15, -0.1) is 0 Å². The first kappa shape index (κ1) is 23.7. The molecule has 10 heteroatoms. The second-order valence-electron chi connectivity index (χ2n) is 7.09. The summed E-state index contributed by atoms with van der Waals surface area (Å²) < 4.78 is 38.4. The molecule has 0 aliphatic carbocycles. The molecule has 0 saturated carbocycles. The van der Waals surface area contributed by atoms with Crippen LogP contribution in [0.5, 0.6) is 11.5 Å². The van der Waals surface area contributed by atoms with Crippen molar-refractivity contribution in [3.63, 3.8) is 0 Å². The minimum atomic E-state index is -3.67. The number of halogens is 2. The van der Waals surface area contributed by atoms with E-state index in [0.29, 0.717) is 29.6 Å². The number of rotatable bonds is 7. The molecule has 2 aromatic carbocycles. The van der Waals surface area contributed by atoms with Gasteiger partial charge in [-0.05, 0) is 49.2 Å². The molecule has 3 rings (SSSR count). The molecule has 2 aromatic rings. The highest BCUT2D eigenvalue weighted by Gasteiger charge is 2.26. The summed E-state index contributed by atoms with van der Waals surface area (Å²) >= 11 is 11.9. The zero-order chi connectivity index (χ0) is 22.4. The number of sulfonamides is 1. The first-order valence-corrected chi connectivity index (χ1v) is 12.1. The van der Waals surface area contributed by atoms with Gasteiger partial charge in [-0.3, -0.25) is 4.79 Å². The van der Waals surface area contributed by atoms with Crippen LogP contribution < -0.4 is 14.8 Å². The van der Waals surface area contributed by atoms with Gasteiger partial charge in [0, 0.05) is 18.1 Å². The first-order chi connectivity index (χ1) is 14.8. The number of ether oxygens (including phenoxy) is 2. The smallest absolute Gasteiger partial charge is 0.262 e. The molecule has 1 fully saturated rings. The summed E-state index contributed by atoms with van der Waals surface area (Å²) in [6, 6.07) is 9.09. The number of anilines is 1. The van der Waals surface area contributed by atoms with Crippen LogP contribution in [0.25, 0.3) is 0 Å². The lowest BCUT2D eigenvalue weighted by Crippen LogP contribution is -2.32. The Morgan fingerprint density at radius 3 is 2.35 bits per heavy atom. The highest BCUT2D eigenvalue weighted by Crippen LogP contribution is 2.30. The Hall–Kier alpha value is -2.00. The third kappa shape index (κ3) is 6.04. The van der Waals surface area contributed by atoms with Crippen LogP contribution in [0.1, 0.15) is 25.7 Å². The number of hydrogen-bond acceptors (Lipinski definition) is 5. The number of carbonyl (C=O) groups is 1. The van der Waals surface area contributed by atoms with Crippen molar-refractivity contribution in [3.8, 4) is 11.5 Å². The Labute approximate surface area is 192 Å². The van der Waals surface area contributed by atoms with Crippen molar-refractivity contribution in [2.45, 2.75) is 30.6 Å². The Balaban J connectivity index is 1.74. The summed E-state index contributed by atoms with van der Waals surface area (Å²) in [6.07, 6.45) is 3.72. The summed E-state index contributed by atoms with van der Waals surface area (Å²) in [5, 5.41) is 3.38. The lowest BCUT2D eigenvalue weighted by molar-refractivity contribution is -0.118. The van der Waals surface area contributed by atoms with E-state index >= 15 is 0 Å². The molecule has 0 unspecified atom stereocenters. The van der Waals surface area contributed by atoms with Crippen LogP contribution in [-0.2, 0) is 14.8 Å². The van der Waals surface area contributed by atoms with Gasteiger partial charge in [0.25, 0.3) is 5.91 Å². The maximum Gasteiger partial charge on any atom is 0.262 e. The van der Waals surface area contributed by atoms with Crippen LogP contribution in [0, 0.1) is 0 Å². The van der Waals surface area contributed by atoms with Crippen molar-refractivity contribution >= 4 is 44.8 Å². The molecule has 1 N–H and O–H groups in total. The van der Waals surface area contributed by atoms with Gasteiger partial charge < -0.3 is 14.8 Å². The summed E-state index contributed by atoms with van der Waals surface area (Å²) in [5.74, 6) is 0.159. The molecular weight excluding hydrogens is 463 g/mol. The molecule has 0 radical (unpaired) electrons. The van der Waals surface area contributed by atoms with Crippen molar-refractivity contribution in [1.82, 2.24) is 4.31 Å². The van der Waals surface area contributed by atoms with Gasteiger partial charge in [0.05, 0.1) is 22.7 Å². The quantitative estimate of drug-likeness (QED) is 0.618. The fourth-order valence-corrected chi connectivity index (χ4v) is 5.31. The molecule has 1 aliphatic rings. The van der Waals surface area contributed by atoms with Crippen LogP contribution in [-0.4, -0.2) is 45.4 Å². The van der Waals surface area contributed by atoms with E-state index < -0.39 is 15.9 Å². The number of carbonyl (C=O) groups excluding carboxylic acids is 1. The minimum absolute atomic E-state index is 0.104. The first-order valence-electron chi connectivity index (χ1n) is 9.87. The topological polar surface area (TPSA) is 84.9 Å². The number of nitrogens with zero attached hydrogens (tertiary/aromatic N) is 1. The number of nitrogens with one attached hydrogen (secondary N) is 1. The third-order valence-corrected chi connectivity index (χ3v) is 7.33. The Kier molecular flexibility index (Phi) is 8.05. The Bertz CT molecular complexity index is 1040. The van der Waals surface area contributed by atoms with Crippen molar-refractivity contribution < 1.29 is 22.7 Å². The van der Waals surface area contributed by atoms with Crippen LogP contribution in [0.3, 0.4) is 0 Å². The number of methoxy groups -OCH3 is 1. The average molecular weight is 487 g/mol. The van der Waals surface area contributed by atoms with Crippen LogP contribution in [0.2, 0.25) is 10.0 Å². The van der Waals surface area contributed by atoms with E-state index in [2.05, 4.69) is 5.32 Å². The second kappa shape index (κ2) is 10.5. The fourth-order valence-electron chi connectivity index (χ4n) is 3.30. The highest BCUT2D eigenvalue weighted by atomic mass is 35.5. The zero-order valence-electron chi connectivity index (χ0n) is 17.1. The molecule has 1 amide bonds. The van der Waals surface area contributed by atoms with Crippen molar-refractivity contribution in [1.29, 1.82) is 0 Å². The number of hydrogen-bond donors (Lipinski definition) is 1. The van der Waals surface area contributed by atoms with Crippen molar-refractivity contribution in [2.24, 2.45) is 0 Å². The monoisotopic (exact) mass is 486 g/mol. The molecule has 1 saturated heterocycles. The maximum absolute atomic E-state index is 13.1.